The third-order valence-electron chi connectivity index (χ3n) is 11.1. The molecule has 2 bridgehead atoms. The van der Waals surface area contributed by atoms with Crippen LogP contribution in [0.2, 0.25) is 0 Å². The minimum absolute atomic E-state index is 0.0252. The summed E-state index contributed by atoms with van der Waals surface area (Å²) in [5, 5.41) is 24.7. The summed E-state index contributed by atoms with van der Waals surface area (Å²) in [4.78, 5) is 14.0. The number of anilines is 1. The highest BCUT2D eigenvalue weighted by molar-refractivity contribution is 6.03. The first kappa shape index (κ1) is 29.9. The lowest BCUT2D eigenvalue weighted by Gasteiger charge is -2.34. The van der Waals surface area contributed by atoms with E-state index in [0.717, 1.165) is 70.7 Å². The molecule has 5 heterocycles. The number of aromatic nitrogens is 2. The van der Waals surface area contributed by atoms with Gasteiger partial charge < -0.3 is 29.7 Å². The Labute approximate surface area is 275 Å². The summed E-state index contributed by atoms with van der Waals surface area (Å²) in [7, 11) is 0. The maximum atomic E-state index is 17.0. The smallest absolute Gasteiger partial charge is 0.319 e. The molecule has 5 fully saturated rings. The van der Waals surface area contributed by atoms with Gasteiger partial charge in [-0.3, -0.25) is 0 Å². The lowest BCUT2D eigenvalue weighted by Crippen LogP contribution is -2.51. The number of nitriles is 1. The first-order valence-electron chi connectivity index (χ1n) is 16.8. The number of rotatable bonds is 7. The van der Waals surface area contributed by atoms with Crippen LogP contribution in [-0.4, -0.2) is 84.6 Å². The number of ether oxygens (including phenoxy) is 2. The topological polar surface area (TPSA) is 107 Å². The number of hydrogen-bond acceptors (Lipinski definition) is 9. The highest BCUT2D eigenvalue weighted by atomic mass is 19.2. The molecular formula is C36H35F3N6O3. The van der Waals surface area contributed by atoms with Crippen molar-refractivity contribution in [3.05, 3.63) is 53.3 Å². The number of phenols is 1. The maximum Gasteiger partial charge on any atom is 0.319 e. The molecule has 3 aromatic carbocycles. The molecule has 4 saturated heterocycles. The molecule has 4 unspecified atom stereocenters. The lowest BCUT2D eigenvalue weighted by atomic mass is 9.92. The molecule has 1 aliphatic carbocycles. The molecule has 48 heavy (non-hydrogen) atoms. The van der Waals surface area contributed by atoms with Gasteiger partial charge in [-0.25, -0.2) is 13.2 Å². The summed E-state index contributed by atoms with van der Waals surface area (Å²) in [6.07, 6.45) is 4.09. The van der Waals surface area contributed by atoms with Crippen molar-refractivity contribution in [2.45, 2.75) is 37.8 Å². The van der Waals surface area contributed by atoms with E-state index in [9.17, 15) is 14.8 Å². The molecular weight excluding hydrogens is 621 g/mol. The summed E-state index contributed by atoms with van der Waals surface area (Å²) in [6, 6.07) is 8.80. The van der Waals surface area contributed by atoms with Gasteiger partial charge in [0.05, 0.1) is 31.5 Å². The van der Waals surface area contributed by atoms with E-state index in [-0.39, 0.29) is 62.2 Å². The number of halogens is 3. The number of fused-ring (bicyclic) bond motifs is 5. The fraction of sp³-hybridized carbons (Fsp3) is 0.472. The Morgan fingerprint density at radius 1 is 1.00 bits per heavy atom. The van der Waals surface area contributed by atoms with Crippen molar-refractivity contribution >= 4 is 27.5 Å². The number of nitrogens with one attached hydrogen (secondary N) is 1. The number of likely N-dealkylation sites (tertiary alicyclic amines) is 1. The molecule has 5 aliphatic rings. The fourth-order valence-corrected chi connectivity index (χ4v) is 8.53. The molecule has 9 nitrogen and oxygen atoms in total. The minimum atomic E-state index is -1.20. The van der Waals surface area contributed by atoms with E-state index in [1.165, 1.54) is 18.2 Å². The van der Waals surface area contributed by atoms with Crippen LogP contribution < -0.4 is 15.0 Å². The largest absolute Gasteiger partial charge is 0.508 e. The van der Waals surface area contributed by atoms with Gasteiger partial charge in [0.15, 0.2) is 17.5 Å². The van der Waals surface area contributed by atoms with Crippen LogP contribution in [0.15, 0.2) is 30.3 Å². The second-order valence-electron chi connectivity index (χ2n) is 14.5. The quantitative estimate of drug-likeness (QED) is 0.280. The van der Waals surface area contributed by atoms with Gasteiger partial charge in [-0.05, 0) is 55.3 Å². The van der Waals surface area contributed by atoms with E-state index in [1.54, 1.807) is 0 Å². The first-order valence-corrected chi connectivity index (χ1v) is 16.8. The average molecular weight is 657 g/mol. The Balaban J connectivity index is 1.14. The van der Waals surface area contributed by atoms with Crippen molar-refractivity contribution in [3.8, 4) is 29.0 Å². The Bertz CT molecular complexity index is 1990. The average Bonchev–Trinajstić information content (AvgIpc) is 3.32. The van der Waals surface area contributed by atoms with E-state index in [4.69, 9.17) is 14.5 Å². The van der Waals surface area contributed by atoms with Crippen LogP contribution in [0.4, 0.5) is 19.0 Å². The molecule has 4 aromatic rings. The Hall–Kier alpha value is -4.18. The second kappa shape index (κ2) is 11.2. The van der Waals surface area contributed by atoms with Crippen molar-refractivity contribution in [1.82, 2.24) is 20.2 Å². The van der Waals surface area contributed by atoms with E-state index in [0.29, 0.717) is 42.7 Å². The molecule has 0 radical (unpaired) electrons. The van der Waals surface area contributed by atoms with Crippen LogP contribution >= 0.6 is 0 Å². The molecule has 0 spiro atoms. The summed E-state index contributed by atoms with van der Waals surface area (Å²) in [6.45, 7) is 6.31. The highest BCUT2D eigenvalue weighted by Gasteiger charge is 2.48. The van der Waals surface area contributed by atoms with Gasteiger partial charge in [0.2, 0.25) is 0 Å². The van der Waals surface area contributed by atoms with Gasteiger partial charge in [0.25, 0.3) is 0 Å². The SMILES string of the molecule is N#Cc1cc2c(N3CC4CCC(C3)N4)nc(OCC3(CN4CC5COCC5C4)CC3)nc2c(F)c1-c1cc(O)cc2ccc(F)c(F)c12. The van der Waals surface area contributed by atoms with Gasteiger partial charge in [-0.1, -0.05) is 6.07 Å². The van der Waals surface area contributed by atoms with E-state index in [2.05, 4.69) is 26.2 Å². The third kappa shape index (κ3) is 5.02. The van der Waals surface area contributed by atoms with Crippen LogP contribution in [0.3, 0.4) is 0 Å². The monoisotopic (exact) mass is 656 g/mol. The molecule has 4 atom stereocenters. The Morgan fingerprint density at radius 3 is 2.46 bits per heavy atom. The molecule has 1 saturated carbocycles. The van der Waals surface area contributed by atoms with Gasteiger partial charge >= 0.3 is 6.01 Å². The summed E-state index contributed by atoms with van der Waals surface area (Å²) >= 11 is 0. The van der Waals surface area contributed by atoms with Gasteiger partial charge in [0, 0.05) is 84.0 Å². The molecule has 9 rings (SSSR count). The van der Waals surface area contributed by atoms with Crippen molar-refractivity contribution in [3.63, 3.8) is 0 Å². The number of nitrogens with zero attached hydrogens (tertiary/aromatic N) is 5. The normalized spacial score (nSPS) is 25.9. The van der Waals surface area contributed by atoms with Crippen molar-refractivity contribution in [1.29, 1.82) is 5.26 Å². The summed E-state index contributed by atoms with van der Waals surface area (Å²) in [5.74, 6) is -1.83. The predicted octanol–water partition coefficient (Wildman–Crippen LogP) is 5.12. The van der Waals surface area contributed by atoms with E-state index >= 15 is 8.78 Å². The van der Waals surface area contributed by atoms with Crippen LogP contribution in [0.5, 0.6) is 11.8 Å². The zero-order chi connectivity index (χ0) is 32.7. The van der Waals surface area contributed by atoms with Crippen molar-refractivity contribution in [2.75, 3.05) is 57.4 Å². The van der Waals surface area contributed by atoms with Crippen LogP contribution in [0, 0.1) is 46.0 Å². The number of phenolic OH excluding ortho intramolecular Hbond substituents is 1. The number of benzene rings is 3. The highest BCUT2D eigenvalue weighted by Crippen LogP contribution is 2.48. The van der Waals surface area contributed by atoms with Crippen LogP contribution in [0.25, 0.3) is 32.8 Å². The Kier molecular flexibility index (Phi) is 6.97. The molecule has 2 N–H and O–H groups in total. The molecule has 248 valence electrons. The number of hydrogen-bond donors (Lipinski definition) is 2. The van der Waals surface area contributed by atoms with Gasteiger partial charge in [-0.2, -0.15) is 15.2 Å². The molecule has 1 aromatic heterocycles. The van der Waals surface area contributed by atoms with Gasteiger partial charge in [0.1, 0.15) is 17.1 Å². The maximum absolute atomic E-state index is 17.0. The van der Waals surface area contributed by atoms with E-state index < -0.39 is 17.5 Å². The Morgan fingerprint density at radius 2 is 1.75 bits per heavy atom. The fourth-order valence-electron chi connectivity index (χ4n) is 8.53. The van der Waals surface area contributed by atoms with Crippen LogP contribution in [0.1, 0.15) is 31.2 Å². The van der Waals surface area contributed by atoms with Crippen LogP contribution in [-0.2, 0) is 4.74 Å². The zero-order valence-corrected chi connectivity index (χ0v) is 26.3. The van der Waals surface area contributed by atoms with Crippen molar-refractivity contribution in [2.24, 2.45) is 17.3 Å². The molecule has 12 heteroatoms. The number of piperazine rings is 1. The molecule has 0 amide bonds. The first-order chi connectivity index (χ1) is 23.3. The summed E-state index contributed by atoms with van der Waals surface area (Å²) in [5.41, 5.74) is -0.625. The minimum Gasteiger partial charge on any atom is -0.508 e. The second-order valence-corrected chi connectivity index (χ2v) is 14.5. The third-order valence-corrected chi connectivity index (χ3v) is 11.1. The lowest BCUT2D eigenvalue weighted by molar-refractivity contribution is 0.131. The molecule has 4 aliphatic heterocycles. The summed E-state index contributed by atoms with van der Waals surface area (Å²) < 4.78 is 58.8. The zero-order valence-electron chi connectivity index (χ0n) is 26.3. The van der Waals surface area contributed by atoms with Gasteiger partial charge in [-0.15, -0.1) is 0 Å². The standard InChI is InChI=1S/C36H35F3N6O3/c37-28-4-1-19-7-25(46)9-26(29(19)31(28)38)30-20(10-40)8-27-33(32(30)39)42-35(43-34(27)45-13-23-2-3-24(14-45)41-23)48-18-36(5-6-36)17-44-11-21-15-47-16-22(21)12-44/h1,4,7-9,21-24,41,46H,2-3,5-6,11-18H2. The van der Waals surface area contributed by atoms with E-state index in [1.807, 2.05) is 0 Å². The predicted molar refractivity (Wildman–Crippen MR) is 172 cm³/mol. The number of aromatic hydroxyl groups is 1. The van der Waals surface area contributed by atoms with Crippen molar-refractivity contribution < 1.29 is 27.8 Å².